The summed E-state index contributed by atoms with van der Waals surface area (Å²) in [4.78, 5) is 15.3. The van der Waals surface area contributed by atoms with E-state index < -0.39 is 5.97 Å². The summed E-state index contributed by atoms with van der Waals surface area (Å²) in [5, 5.41) is 11.3. The largest absolute Gasteiger partial charge is 0.496 e. The Bertz CT molecular complexity index is 739. The zero-order valence-electron chi connectivity index (χ0n) is 14.9. The van der Waals surface area contributed by atoms with Gasteiger partial charge in [-0.05, 0) is 50.0 Å². The molecule has 1 aliphatic rings. The van der Waals surface area contributed by atoms with E-state index in [1.54, 1.807) is 7.11 Å². The van der Waals surface area contributed by atoms with Gasteiger partial charge in [-0.3, -0.25) is 14.6 Å². The molecule has 1 saturated heterocycles. The Hall–Kier alpha value is -2.11. The molecule has 0 aliphatic carbocycles. The number of piperidine rings is 1. The van der Waals surface area contributed by atoms with Gasteiger partial charge in [0.2, 0.25) is 0 Å². The van der Waals surface area contributed by atoms with E-state index in [0.717, 1.165) is 43.6 Å². The molecule has 0 bridgehead atoms. The molecule has 2 aromatic carbocycles. The van der Waals surface area contributed by atoms with Crippen LogP contribution in [0.5, 0.6) is 5.75 Å². The Balaban J connectivity index is 1.67. The number of ether oxygens (including phenoxy) is 1. The van der Waals surface area contributed by atoms with Crippen LogP contribution in [-0.4, -0.2) is 60.7 Å². The third kappa shape index (κ3) is 4.11. The fraction of sp³-hybridized carbons (Fsp3) is 0.450. The van der Waals surface area contributed by atoms with Crippen molar-refractivity contribution in [2.45, 2.75) is 25.4 Å². The van der Waals surface area contributed by atoms with E-state index in [2.05, 4.69) is 29.2 Å². The summed E-state index contributed by atoms with van der Waals surface area (Å²) in [6.07, 6.45) is 2.02. The molecule has 1 fully saturated rings. The highest BCUT2D eigenvalue weighted by atomic mass is 16.5. The first-order valence-electron chi connectivity index (χ1n) is 8.77. The average Bonchev–Trinajstić information content (AvgIpc) is 2.62. The number of carbonyl (C=O) groups is 1. The van der Waals surface area contributed by atoms with Crippen LogP contribution in [0, 0.1) is 0 Å². The number of likely N-dealkylation sites (tertiary alicyclic amines) is 1. The molecule has 0 spiro atoms. The molecule has 5 nitrogen and oxygen atoms in total. The highest BCUT2D eigenvalue weighted by Gasteiger charge is 2.23. The maximum atomic E-state index is 10.9. The van der Waals surface area contributed by atoms with E-state index in [0.29, 0.717) is 6.04 Å². The minimum atomic E-state index is -0.755. The quantitative estimate of drug-likeness (QED) is 0.875. The normalized spacial score (nSPS) is 16.4. The number of hydrogen-bond donors (Lipinski definition) is 1. The van der Waals surface area contributed by atoms with Gasteiger partial charge in [-0.2, -0.15) is 0 Å². The molecule has 0 aromatic heterocycles. The number of likely N-dealkylation sites (N-methyl/N-ethyl adjacent to an activating group) is 1. The summed E-state index contributed by atoms with van der Waals surface area (Å²) < 4.78 is 5.48. The maximum absolute atomic E-state index is 10.9. The standard InChI is InChI=1S/C20H26N2O3/c1-21(14-20(23)24)16-9-11-22(12-10-16)13-15-7-8-19(25-2)18-6-4-3-5-17(15)18/h3-8,16H,9-14H2,1-2H3,(H,23,24). The smallest absolute Gasteiger partial charge is 0.317 e. The number of carboxylic acid groups (broad SMARTS) is 1. The molecule has 0 atom stereocenters. The molecule has 3 rings (SSSR count). The minimum absolute atomic E-state index is 0.119. The molecule has 0 radical (unpaired) electrons. The van der Waals surface area contributed by atoms with E-state index in [4.69, 9.17) is 9.84 Å². The van der Waals surface area contributed by atoms with Crippen LogP contribution in [0.2, 0.25) is 0 Å². The Morgan fingerprint density at radius 3 is 2.52 bits per heavy atom. The van der Waals surface area contributed by atoms with Crippen molar-refractivity contribution in [3.8, 4) is 5.75 Å². The van der Waals surface area contributed by atoms with E-state index in [-0.39, 0.29) is 6.54 Å². The second kappa shape index (κ2) is 7.85. The number of methoxy groups -OCH3 is 1. The van der Waals surface area contributed by atoms with Crippen molar-refractivity contribution in [3.63, 3.8) is 0 Å². The van der Waals surface area contributed by atoms with Crippen molar-refractivity contribution >= 4 is 16.7 Å². The number of benzene rings is 2. The van der Waals surface area contributed by atoms with Crippen LogP contribution < -0.4 is 4.74 Å². The summed E-state index contributed by atoms with van der Waals surface area (Å²) in [6, 6.07) is 12.9. The molecule has 1 heterocycles. The lowest BCUT2D eigenvalue weighted by Crippen LogP contribution is -2.44. The first-order chi connectivity index (χ1) is 12.1. The molecule has 0 unspecified atom stereocenters. The molecule has 1 aliphatic heterocycles. The first kappa shape index (κ1) is 17.7. The predicted molar refractivity (Wildman–Crippen MR) is 99.1 cm³/mol. The maximum Gasteiger partial charge on any atom is 0.317 e. The van der Waals surface area contributed by atoms with E-state index >= 15 is 0 Å². The Morgan fingerprint density at radius 1 is 1.20 bits per heavy atom. The minimum Gasteiger partial charge on any atom is -0.496 e. The number of carboxylic acids is 1. The molecule has 1 N–H and O–H groups in total. The zero-order chi connectivity index (χ0) is 17.8. The topological polar surface area (TPSA) is 53.0 Å². The van der Waals surface area contributed by atoms with Crippen molar-refractivity contribution in [1.82, 2.24) is 9.80 Å². The second-order valence-electron chi connectivity index (χ2n) is 6.79. The van der Waals surface area contributed by atoms with E-state index in [1.165, 1.54) is 10.9 Å². The lowest BCUT2D eigenvalue weighted by atomic mass is 10.00. The number of rotatable bonds is 6. The number of fused-ring (bicyclic) bond motifs is 1. The highest BCUT2D eigenvalue weighted by Crippen LogP contribution is 2.29. The summed E-state index contributed by atoms with van der Waals surface area (Å²) in [6.45, 7) is 3.03. The van der Waals surface area contributed by atoms with E-state index in [1.807, 2.05) is 24.1 Å². The SMILES string of the molecule is COc1ccc(CN2CCC(N(C)CC(=O)O)CC2)c2ccccc12. The monoisotopic (exact) mass is 342 g/mol. The van der Waals surface area contributed by atoms with Crippen LogP contribution in [0.15, 0.2) is 36.4 Å². The Labute approximate surface area is 148 Å². The summed E-state index contributed by atoms with van der Waals surface area (Å²) in [5.74, 6) is 0.156. The van der Waals surface area contributed by atoms with Gasteiger partial charge in [0, 0.05) is 18.0 Å². The molecular weight excluding hydrogens is 316 g/mol. The predicted octanol–water partition coefficient (Wildman–Crippen LogP) is 2.83. The summed E-state index contributed by atoms with van der Waals surface area (Å²) in [7, 11) is 3.62. The molecular formula is C20H26N2O3. The summed E-state index contributed by atoms with van der Waals surface area (Å²) >= 11 is 0. The average molecular weight is 342 g/mol. The van der Waals surface area contributed by atoms with Crippen LogP contribution in [0.25, 0.3) is 10.8 Å². The van der Waals surface area contributed by atoms with Gasteiger partial charge < -0.3 is 9.84 Å². The molecule has 5 heteroatoms. The third-order valence-electron chi connectivity index (χ3n) is 5.15. The van der Waals surface area contributed by atoms with Crippen LogP contribution in [0.1, 0.15) is 18.4 Å². The molecule has 0 amide bonds. The first-order valence-corrected chi connectivity index (χ1v) is 8.77. The van der Waals surface area contributed by atoms with Crippen molar-refractivity contribution in [1.29, 1.82) is 0 Å². The van der Waals surface area contributed by atoms with Crippen molar-refractivity contribution in [3.05, 3.63) is 42.0 Å². The zero-order valence-corrected chi connectivity index (χ0v) is 14.9. The van der Waals surface area contributed by atoms with Crippen LogP contribution in [0.4, 0.5) is 0 Å². The lowest BCUT2D eigenvalue weighted by molar-refractivity contribution is -0.138. The van der Waals surface area contributed by atoms with Crippen LogP contribution in [0.3, 0.4) is 0 Å². The second-order valence-corrected chi connectivity index (χ2v) is 6.79. The van der Waals surface area contributed by atoms with Crippen LogP contribution >= 0.6 is 0 Å². The Kier molecular flexibility index (Phi) is 5.56. The number of nitrogens with zero attached hydrogens (tertiary/aromatic N) is 2. The molecule has 2 aromatic rings. The van der Waals surface area contributed by atoms with Crippen LogP contribution in [-0.2, 0) is 11.3 Å². The number of aliphatic carboxylic acids is 1. The fourth-order valence-electron chi connectivity index (χ4n) is 3.75. The lowest BCUT2D eigenvalue weighted by Gasteiger charge is -2.36. The van der Waals surface area contributed by atoms with E-state index in [9.17, 15) is 4.79 Å². The van der Waals surface area contributed by atoms with Crippen molar-refractivity contribution in [2.75, 3.05) is 33.8 Å². The van der Waals surface area contributed by atoms with Gasteiger partial charge in [0.1, 0.15) is 5.75 Å². The Morgan fingerprint density at radius 2 is 1.88 bits per heavy atom. The van der Waals surface area contributed by atoms with Crippen molar-refractivity contribution < 1.29 is 14.6 Å². The highest BCUT2D eigenvalue weighted by molar-refractivity contribution is 5.91. The van der Waals surface area contributed by atoms with Gasteiger partial charge >= 0.3 is 5.97 Å². The van der Waals surface area contributed by atoms with Gasteiger partial charge in [-0.1, -0.05) is 30.3 Å². The molecule has 25 heavy (non-hydrogen) atoms. The van der Waals surface area contributed by atoms with Gasteiger partial charge in [-0.25, -0.2) is 0 Å². The van der Waals surface area contributed by atoms with Gasteiger partial charge in [0.05, 0.1) is 13.7 Å². The number of hydrogen-bond acceptors (Lipinski definition) is 4. The van der Waals surface area contributed by atoms with Crippen molar-refractivity contribution in [2.24, 2.45) is 0 Å². The van der Waals surface area contributed by atoms with Gasteiger partial charge in [0.15, 0.2) is 0 Å². The molecule has 134 valence electrons. The summed E-state index contributed by atoms with van der Waals surface area (Å²) in [5.41, 5.74) is 1.31. The third-order valence-corrected chi connectivity index (χ3v) is 5.15. The van der Waals surface area contributed by atoms with Gasteiger partial charge in [-0.15, -0.1) is 0 Å². The van der Waals surface area contributed by atoms with Gasteiger partial charge in [0.25, 0.3) is 0 Å². The fourth-order valence-corrected chi connectivity index (χ4v) is 3.75. The molecule has 0 saturated carbocycles.